The summed E-state index contributed by atoms with van der Waals surface area (Å²) >= 11 is -3.52. The van der Waals surface area contributed by atoms with Crippen LogP contribution in [-0.2, 0) is 0 Å². The van der Waals surface area contributed by atoms with Crippen molar-refractivity contribution in [3.05, 3.63) is 0 Å². The molecule has 0 aliphatic carbocycles. The molecule has 0 fully saturated rings. The van der Waals surface area contributed by atoms with E-state index in [1.165, 1.54) is 0 Å². The monoisotopic (exact) mass is 414 g/mol. The summed E-state index contributed by atoms with van der Waals surface area (Å²) in [7, 11) is 0. The molecule has 0 aromatic carbocycles. The van der Waals surface area contributed by atoms with Gasteiger partial charge >= 0.3 is 111 Å². The van der Waals surface area contributed by atoms with Gasteiger partial charge in [0.15, 0.2) is 0 Å². The van der Waals surface area contributed by atoms with Gasteiger partial charge in [0.05, 0.1) is 0 Å². The fourth-order valence-electron chi connectivity index (χ4n) is 0.937. The van der Waals surface area contributed by atoms with Crippen molar-refractivity contribution >= 4 is 21.1 Å². The van der Waals surface area contributed by atoms with E-state index in [1.54, 1.807) is 0 Å². The van der Waals surface area contributed by atoms with Gasteiger partial charge in [0.25, 0.3) is 0 Å². The Balaban J connectivity index is 4.43. The molecule has 0 rings (SSSR count). The van der Waals surface area contributed by atoms with Crippen LogP contribution < -0.4 is 0 Å². The molecular formula is C8H8F10Sn. The normalized spacial score (nSPS) is 22.1. The molecule has 0 amide bonds. The average Bonchev–Trinajstić information content (AvgIpc) is 2.34. The van der Waals surface area contributed by atoms with E-state index in [-0.39, 0.29) is 0 Å². The second-order valence-electron chi connectivity index (χ2n) is 3.42. The zero-order valence-electron chi connectivity index (χ0n) is 8.90. The molecule has 0 spiro atoms. The molecule has 0 saturated heterocycles. The van der Waals surface area contributed by atoms with Crippen molar-refractivity contribution in [2.75, 3.05) is 0 Å². The second kappa shape index (κ2) is 8.40. The van der Waals surface area contributed by atoms with Gasteiger partial charge in [-0.25, -0.2) is 0 Å². The van der Waals surface area contributed by atoms with Crippen LogP contribution in [0, 0.1) is 0 Å². The predicted octanol–water partition coefficient (Wildman–Crippen LogP) is 3.16. The molecule has 0 aromatic rings. The van der Waals surface area contributed by atoms with E-state index in [2.05, 4.69) is 0 Å². The van der Waals surface area contributed by atoms with Gasteiger partial charge in [-0.1, -0.05) is 0 Å². The summed E-state index contributed by atoms with van der Waals surface area (Å²) in [5.41, 5.74) is 0. The summed E-state index contributed by atoms with van der Waals surface area (Å²) in [5, 5.41) is 0. The maximum atomic E-state index is 12.9. The Morgan fingerprint density at radius 3 is 0.895 bits per heavy atom. The van der Waals surface area contributed by atoms with Gasteiger partial charge in [0.1, 0.15) is 0 Å². The van der Waals surface area contributed by atoms with Crippen molar-refractivity contribution in [1.82, 2.24) is 0 Å². The van der Waals surface area contributed by atoms with Crippen LogP contribution in [0.5, 0.6) is 0 Å². The number of halogens is 10. The van der Waals surface area contributed by atoms with Crippen LogP contribution in [0.15, 0.2) is 0 Å². The molecule has 0 bridgehead atoms. The van der Waals surface area contributed by atoms with E-state index in [1.807, 2.05) is 0 Å². The second-order valence-corrected chi connectivity index (χ2v) is 7.52. The van der Waals surface area contributed by atoms with Crippen LogP contribution in [-0.4, -0.2) is 67.1 Å². The van der Waals surface area contributed by atoms with Crippen LogP contribution in [0.4, 0.5) is 43.9 Å². The first-order valence-corrected chi connectivity index (χ1v) is 8.06. The molecule has 114 valence electrons. The molecule has 6 atom stereocenters. The molecule has 0 saturated carbocycles. The molecule has 11 heteroatoms. The summed E-state index contributed by atoms with van der Waals surface area (Å²) in [5.74, 6) is 0. The Morgan fingerprint density at radius 2 is 0.684 bits per heavy atom. The fourth-order valence-corrected chi connectivity index (χ4v) is 3.90. The standard InChI is InChI=1S/2C4H4F5.Sn/c2*5-1-2(6)3(7)4(8)9;/h2*1-4H;. The summed E-state index contributed by atoms with van der Waals surface area (Å²) in [6.45, 7) is 0. The molecule has 0 heterocycles. The Bertz CT molecular complexity index is 228. The van der Waals surface area contributed by atoms with Crippen LogP contribution in [0.25, 0.3) is 0 Å². The molecule has 0 nitrogen and oxygen atoms in total. The number of hydrogen-bond donors (Lipinski definition) is 0. The molecule has 6 unspecified atom stereocenters. The molecule has 2 radical (unpaired) electrons. The van der Waals surface area contributed by atoms with Crippen molar-refractivity contribution in [2.45, 2.75) is 45.9 Å². The fraction of sp³-hybridized carbons (Fsp3) is 1.00. The Hall–Kier alpha value is 0.0987. The van der Waals surface area contributed by atoms with Gasteiger partial charge in [-0.2, -0.15) is 0 Å². The van der Waals surface area contributed by atoms with Gasteiger partial charge in [-0.15, -0.1) is 0 Å². The Morgan fingerprint density at radius 1 is 0.421 bits per heavy atom. The third-order valence-electron chi connectivity index (χ3n) is 1.97. The zero-order chi connectivity index (χ0) is 15.3. The first kappa shape index (κ1) is 19.1. The van der Waals surface area contributed by atoms with Gasteiger partial charge in [-0.3, -0.25) is 0 Å². The summed E-state index contributed by atoms with van der Waals surface area (Å²) in [6.07, 6.45) is -21.6. The van der Waals surface area contributed by atoms with Crippen molar-refractivity contribution in [2.24, 2.45) is 0 Å². The SMILES string of the molecule is FC(F)C(F)C(F)[CH](F)[Sn][CH](F)C(F)C(F)C(F)F. The first-order valence-electron chi connectivity index (χ1n) is 4.76. The van der Waals surface area contributed by atoms with Crippen LogP contribution in [0.3, 0.4) is 0 Å². The molecule has 0 aliphatic heterocycles. The van der Waals surface area contributed by atoms with Gasteiger partial charge in [0.2, 0.25) is 0 Å². The van der Waals surface area contributed by atoms with Gasteiger partial charge in [0, 0.05) is 0 Å². The molecule has 0 aromatic heterocycles. The molecule has 0 N–H and O–H groups in total. The predicted molar refractivity (Wildman–Crippen MR) is 47.1 cm³/mol. The van der Waals surface area contributed by atoms with Crippen LogP contribution in [0.1, 0.15) is 0 Å². The van der Waals surface area contributed by atoms with Crippen molar-refractivity contribution in [3.63, 3.8) is 0 Å². The molecule has 0 aliphatic rings. The number of alkyl halides is 10. The van der Waals surface area contributed by atoms with Gasteiger partial charge < -0.3 is 0 Å². The van der Waals surface area contributed by atoms with E-state index >= 15 is 0 Å². The Labute approximate surface area is 111 Å². The summed E-state index contributed by atoms with van der Waals surface area (Å²) in [4.78, 5) is 0. The molecule has 19 heavy (non-hydrogen) atoms. The maximum absolute atomic E-state index is 12.9. The first-order chi connectivity index (χ1) is 8.59. The minimum absolute atomic E-state index is 3.04. The van der Waals surface area contributed by atoms with E-state index in [4.69, 9.17) is 0 Å². The average molecular weight is 413 g/mol. The zero-order valence-corrected chi connectivity index (χ0v) is 11.8. The third-order valence-corrected chi connectivity index (χ3v) is 5.60. The van der Waals surface area contributed by atoms with Crippen LogP contribution in [0.2, 0.25) is 0 Å². The van der Waals surface area contributed by atoms with E-state index in [0.29, 0.717) is 0 Å². The summed E-state index contributed by atoms with van der Waals surface area (Å²) < 4.78 is 117. The third kappa shape index (κ3) is 5.94. The quantitative estimate of drug-likeness (QED) is 0.424. The van der Waals surface area contributed by atoms with E-state index in [9.17, 15) is 43.9 Å². The van der Waals surface area contributed by atoms with Crippen molar-refractivity contribution in [3.8, 4) is 0 Å². The van der Waals surface area contributed by atoms with Crippen molar-refractivity contribution in [1.29, 1.82) is 0 Å². The van der Waals surface area contributed by atoms with Crippen LogP contribution >= 0.6 is 0 Å². The minimum atomic E-state index is -3.86. The van der Waals surface area contributed by atoms with E-state index < -0.39 is 67.1 Å². The van der Waals surface area contributed by atoms with Gasteiger partial charge in [-0.05, 0) is 0 Å². The summed E-state index contributed by atoms with van der Waals surface area (Å²) in [6, 6.07) is 0. The van der Waals surface area contributed by atoms with E-state index in [0.717, 1.165) is 0 Å². The topological polar surface area (TPSA) is 0 Å². The Kier molecular flexibility index (Phi) is 8.44. The number of rotatable bonds is 8. The number of hydrogen-bond acceptors (Lipinski definition) is 0. The van der Waals surface area contributed by atoms with Crippen molar-refractivity contribution < 1.29 is 43.9 Å². The molecular weight excluding hydrogens is 405 g/mol.